The van der Waals surface area contributed by atoms with E-state index >= 15 is 0 Å². The summed E-state index contributed by atoms with van der Waals surface area (Å²) < 4.78 is 0. The van der Waals surface area contributed by atoms with Gasteiger partial charge in [-0.25, -0.2) is 4.79 Å². The summed E-state index contributed by atoms with van der Waals surface area (Å²) in [5.41, 5.74) is 7.06. The summed E-state index contributed by atoms with van der Waals surface area (Å²) in [5.74, 6) is -2.93. The highest BCUT2D eigenvalue weighted by molar-refractivity contribution is 5.94. The van der Waals surface area contributed by atoms with Crippen molar-refractivity contribution in [3.05, 3.63) is 36.0 Å². The van der Waals surface area contributed by atoms with E-state index in [1.54, 1.807) is 6.20 Å². The molecule has 0 saturated heterocycles. The normalized spacial score (nSPS) is 14.9. The molecule has 4 atom stereocenters. The molecular formula is C20H27N5O5. The van der Waals surface area contributed by atoms with Gasteiger partial charge in [-0.2, -0.15) is 0 Å². The Labute approximate surface area is 173 Å². The zero-order chi connectivity index (χ0) is 22.4. The van der Waals surface area contributed by atoms with E-state index in [9.17, 15) is 24.3 Å². The summed E-state index contributed by atoms with van der Waals surface area (Å²) in [7, 11) is 0. The highest BCUT2D eigenvalue weighted by Gasteiger charge is 2.26. The fraction of sp³-hybridized carbons (Fsp3) is 0.400. The number of carbonyl (C=O) groups excluding carboxylic acids is 3. The Morgan fingerprint density at radius 1 is 0.967 bits per heavy atom. The average molecular weight is 417 g/mol. The van der Waals surface area contributed by atoms with Crippen LogP contribution in [0, 0.1) is 0 Å². The lowest BCUT2D eigenvalue weighted by Gasteiger charge is -2.21. The molecule has 162 valence electrons. The molecular weight excluding hydrogens is 390 g/mol. The molecule has 30 heavy (non-hydrogen) atoms. The second-order valence-corrected chi connectivity index (χ2v) is 7.21. The van der Waals surface area contributed by atoms with Gasteiger partial charge in [0.15, 0.2) is 0 Å². The minimum atomic E-state index is -1.19. The van der Waals surface area contributed by atoms with Crippen LogP contribution in [0.4, 0.5) is 0 Å². The quantitative estimate of drug-likeness (QED) is 0.326. The Morgan fingerprint density at radius 2 is 1.53 bits per heavy atom. The van der Waals surface area contributed by atoms with Gasteiger partial charge in [-0.1, -0.05) is 18.2 Å². The summed E-state index contributed by atoms with van der Waals surface area (Å²) in [6.07, 6.45) is 1.79. The Bertz CT molecular complexity index is 939. The third-order valence-corrected chi connectivity index (χ3v) is 4.63. The van der Waals surface area contributed by atoms with Gasteiger partial charge in [-0.3, -0.25) is 14.4 Å². The molecule has 0 bridgehead atoms. The first kappa shape index (κ1) is 22.9. The third kappa shape index (κ3) is 5.80. The number of benzene rings is 1. The molecule has 7 N–H and O–H groups in total. The van der Waals surface area contributed by atoms with Gasteiger partial charge < -0.3 is 31.8 Å². The van der Waals surface area contributed by atoms with Gasteiger partial charge in [0, 0.05) is 23.5 Å². The SMILES string of the molecule is CC(N)C(=O)NC(C)C(=O)NC(C)C(=O)NC(Cc1c[nH]c2ccccc12)C(=O)O. The number of amides is 3. The highest BCUT2D eigenvalue weighted by atomic mass is 16.4. The van der Waals surface area contributed by atoms with E-state index in [2.05, 4.69) is 20.9 Å². The Morgan fingerprint density at radius 3 is 2.13 bits per heavy atom. The maximum Gasteiger partial charge on any atom is 0.326 e. The van der Waals surface area contributed by atoms with Gasteiger partial charge in [-0.15, -0.1) is 0 Å². The molecule has 0 spiro atoms. The van der Waals surface area contributed by atoms with E-state index in [1.165, 1.54) is 20.8 Å². The number of aromatic amines is 1. The number of carboxylic acid groups (broad SMARTS) is 1. The van der Waals surface area contributed by atoms with E-state index in [0.29, 0.717) is 0 Å². The molecule has 2 rings (SSSR count). The maximum atomic E-state index is 12.4. The second kappa shape index (κ2) is 9.88. The fourth-order valence-corrected chi connectivity index (χ4v) is 2.83. The number of fused-ring (bicyclic) bond motifs is 1. The minimum Gasteiger partial charge on any atom is -0.480 e. The standard InChI is InChI=1S/C20H27N5O5/c1-10(21)17(26)23-11(2)18(27)24-12(3)19(28)25-16(20(29)30)8-13-9-22-15-7-5-4-6-14(13)15/h4-7,9-12,16,22H,8,21H2,1-3H3,(H,23,26)(H,24,27)(H,25,28)(H,29,30). The van der Waals surface area contributed by atoms with Crippen LogP contribution in [0.3, 0.4) is 0 Å². The molecule has 0 aliphatic rings. The Kier molecular flexibility index (Phi) is 7.54. The first-order chi connectivity index (χ1) is 14.1. The molecule has 0 aliphatic carbocycles. The highest BCUT2D eigenvalue weighted by Crippen LogP contribution is 2.19. The van der Waals surface area contributed by atoms with Gasteiger partial charge in [0.2, 0.25) is 17.7 Å². The summed E-state index contributed by atoms with van der Waals surface area (Å²) in [4.78, 5) is 50.9. The largest absolute Gasteiger partial charge is 0.480 e. The van der Waals surface area contributed by atoms with Crippen LogP contribution >= 0.6 is 0 Å². The van der Waals surface area contributed by atoms with E-state index in [4.69, 9.17) is 5.73 Å². The van der Waals surface area contributed by atoms with Crippen LogP contribution < -0.4 is 21.7 Å². The smallest absolute Gasteiger partial charge is 0.326 e. The number of para-hydroxylation sites is 1. The number of aromatic nitrogens is 1. The van der Waals surface area contributed by atoms with Crippen molar-refractivity contribution in [2.75, 3.05) is 0 Å². The average Bonchev–Trinajstić information content (AvgIpc) is 3.09. The lowest BCUT2D eigenvalue weighted by Crippen LogP contribution is -2.55. The maximum absolute atomic E-state index is 12.4. The van der Waals surface area contributed by atoms with Crippen LogP contribution in [0.25, 0.3) is 10.9 Å². The van der Waals surface area contributed by atoms with Crippen LogP contribution in [0.5, 0.6) is 0 Å². The van der Waals surface area contributed by atoms with E-state index in [-0.39, 0.29) is 6.42 Å². The van der Waals surface area contributed by atoms with Crippen LogP contribution in [-0.4, -0.2) is 57.9 Å². The van der Waals surface area contributed by atoms with Crippen molar-refractivity contribution in [1.82, 2.24) is 20.9 Å². The molecule has 1 heterocycles. The van der Waals surface area contributed by atoms with Crippen molar-refractivity contribution in [2.45, 2.75) is 51.4 Å². The van der Waals surface area contributed by atoms with E-state index < -0.39 is 47.9 Å². The van der Waals surface area contributed by atoms with Crippen LogP contribution in [0.1, 0.15) is 26.3 Å². The van der Waals surface area contributed by atoms with Gasteiger partial charge in [0.05, 0.1) is 6.04 Å². The van der Waals surface area contributed by atoms with Crippen molar-refractivity contribution < 1.29 is 24.3 Å². The molecule has 0 saturated carbocycles. The van der Waals surface area contributed by atoms with Crippen molar-refractivity contribution in [1.29, 1.82) is 0 Å². The zero-order valence-corrected chi connectivity index (χ0v) is 17.1. The molecule has 2 aromatic rings. The van der Waals surface area contributed by atoms with Gasteiger partial charge >= 0.3 is 5.97 Å². The first-order valence-corrected chi connectivity index (χ1v) is 9.54. The number of nitrogens with two attached hydrogens (primary N) is 1. The number of rotatable bonds is 9. The van der Waals surface area contributed by atoms with Crippen molar-refractivity contribution >= 4 is 34.6 Å². The van der Waals surface area contributed by atoms with Crippen LogP contribution in [0.2, 0.25) is 0 Å². The predicted octanol–water partition coefficient (Wildman–Crippen LogP) is -0.364. The van der Waals surface area contributed by atoms with Crippen molar-refractivity contribution in [3.63, 3.8) is 0 Å². The van der Waals surface area contributed by atoms with Crippen LogP contribution in [-0.2, 0) is 25.6 Å². The minimum absolute atomic E-state index is 0.0760. The van der Waals surface area contributed by atoms with Crippen molar-refractivity contribution in [2.24, 2.45) is 5.73 Å². The molecule has 4 unspecified atom stereocenters. The van der Waals surface area contributed by atoms with Crippen molar-refractivity contribution in [3.8, 4) is 0 Å². The molecule has 10 heteroatoms. The molecule has 0 radical (unpaired) electrons. The van der Waals surface area contributed by atoms with Gasteiger partial charge in [0.25, 0.3) is 0 Å². The number of hydrogen-bond acceptors (Lipinski definition) is 5. The molecule has 10 nitrogen and oxygen atoms in total. The molecule has 1 aromatic heterocycles. The molecule has 0 aliphatic heterocycles. The Balaban J connectivity index is 1.98. The number of H-pyrrole nitrogens is 1. The number of carbonyl (C=O) groups is 4. The summed E-state index contributed by atoms with van der Waals surface area (Å²) >= 11 is 0. The molecule has 0 fully saturated rings. The summed E-state index contributed by atoms with van der Waals surface area (Å²) in [5, 5.41) is 17.7. The third-order valence-electron chi connectivity index (χ3n) is 4.63. The lowest BCUT2D eigenvalue weighted by atomic mass is 10.0. The van der Waals surface area contributed by atoms with E-state index in [0.717, 1.165) is 16.5 Å². The Hall–Kier alpha value is -3.40. The monoisotopic (exact) mass is 417 g/mol. The number of hydrogen-bond donors (Lipinski definition) is 6. The topological polar surface area (TPSA) is 166 Å². The van der Waals surface area contributed by atoms with Gasteiger partial charge in [0.1, 0.15) is 18.1 Å². The lowest BCUT2D eigenvalue weighted by molar-refractivity contribution is -0.142. The summed E-state index contributed by atoms with van der Waals surface area (Å²) in [6.45, 7) is 4.37. The number of nitrogens with one attached hydrogen (secondary N) is 4. The second-order valence-electron chi connectivity index (χ2n) is 7.21. The zero-order valence-electron chi connectivity index (χ0n) is 17.1. The molecule has 1 aromatic carbocycles. The van der Waals surface area contributed by atoms with E-state index in [1.807, 2.05) is 24.3 Å². The van der Waals surface area contributed by atoms with Gasteiger partial charge in [-0.05, 0) is 32.4 Å². The predicted molar refractivity (Wildman–Crippen MR) is 110 cm³/mol. The van der Waals surface area contributed by atoms with Crippen LogP contribution in [0.15, 0.2) is 30.5 Å². The first-order valence-electron chi connectivity index (χ1n) is 9.54. The fourth-order valence-electron chi connectivity index (χ4n) is 2.83. The number of carboxylic acids is 1. The number of aliphatic carboxylic acids is 1. The molecule has 3 amide bonds. The summed E-state index contributed by atoms with van der Waals surface area (Å²) in [6, 6.07) is 3.59.